The zero-order valence-electron chi connectivity index (χ0n) is 18.3. The molecule has 0 atom stereocenters. The number of nitrogens with zero attached hydrogens (tertiary/aromatic N) is 2. The lowest BCUT2D eigenvalue weighted by Gasteiger charge is -2.26. The van der Waals surface area contributed by atoms with Gasteiger partial charge in [0.05, 0.1) is 26.0 Å². The summed E-state index contributed by atoms with van der Waals surface area (Å²) in [6, 6.07) is 12.3. The van der Waals surface area contributed by atoms with Gasteiger partial charge in [-0.05, 0) is 30.5 Å². The molecule has 1 aliphatic heterocycles. The van der Waals surface area contributed by atoms with Gasteiger partial charge < -0.3 is 9.47 Å². The van der Waals surface area contributed by atoms with Crippen LogP contribution in [-0.2, 0) is 20.8 Å². The van der Waals surface area contributed by atoms with Gasteiger partial charge in [0, 0.05) is 49.8 Å². The molecule has 0 radical (unpaired) electrons. The van der Waals surface area contributed by atoms with Crippen molar-refractivity contribution in [2.24, 2.45) is 0 Å². The molecule has 0 bridgehead atoms. The Labute approximate surface area is 184 Å². The number of aromatic nitrogens is 1. The number of morpholine rings is 1. The monoisotopic (exact) mass is 424 g/mol. The van der Waals surface area contributed by atoms with E-state index in [1.54, 1.807) is 6.20 Å². The minimum Gasteiger partial charge on any atom is -0.469 e. The van der Waals surface area contributed by atoms with Gasteiger partial charge in [-0.25, -0.2) is 0 Å². The number of carbonyl (C=O) groups excluding carboxylic acids is 2. The molecular formula is C25H32N2O4. The summed E-state index contributed by atoms with van der Waals surface area (Å²) < 4.78 is 10.0. The molecule has 0 N–H and O–H groups in total. The minimum absolute atomic E-state index is 0.118. The van der Waals surface area contributed by atoms with E-state index in [9.17, 15) is 9.59 Å². The highest BCUT2D eigenvalue weighted by atomic mass is 16.5. The van der Waals surface area contributed by atoms with Crippen LogP contribution in [0, 0.1) is 0 Å². The Hall–Kier alpha value is -2.57. The van der Waals surface area contributed by atoms with Crippen LogP contribution in [-0.4, -0.2) is 55.0 Å². The smallest absolute Gasteiger partial charge is 0.305 e. The first-order valence-electron chi connectivity index (χ1n) is 11.1. The number of benzene rings is 1. The molecule has 0 saturated carbocycles. The van der Waals surface area contributed by atoms with Gasteiger partial charge in [0.25, 0.3) is 0 Å². The van der Waals surface area contributed by atoms with Crippen LogP contribution >= 0.6 is 0 Å². The molecule has 0 unspecified atom stereocenters. The number of pyridine rings is 1. The van der Waals surface area contributed by atoms with Gasteiger partial charge in [0.1, 0.15) is 0 Å². The molecule has 1 aliphatic rings. The van der Waals surface area contributed by atoms with Crippen molar-refractivity contribution < 1.29 is 19.1 Å². The van der Waals surface area contributed by atoms with Crippen LogP contribution in [0.2, 0.25) is 0 Å². The maximum absolute atomic E-state index is 12.4. The van der Waals surface area contributed by atoms with Crippen LogP contribution in [0.15, 0.2) is 42.6 Å². The van der Waals surface area contributed by atoms with Gasteiger partial charge >= 0.3 is 5.97 Å². The van der Waals surface area contributed by atoms with Gasteiger partial charge in [0.2, 0.25) is 0 Å². The average Bonchev–Trinajstić information content (AvgIpc) is 2.82. The molecule has 0 spiro atoms. The van der Waals surface area contributed by atoms with E-state index in [2.05, 4.69) is 38.9 Å². The molecule has 1 aromatic heterocycles. The van der Waals surface area contributed by atoms with Crippen LogP contribution < -0.4 is 0 Å². The summed E-state index contributed by atoms with van der Waals surface area (Å²) in [7, 11) is 1.40. The normalized spacial score (nSPS) is 14.4. The second-order valence-electron chi connectivity index (χ2n) is 7.93. The van der Waals surface area contributed by atoms with E-state index in [-0.39, 0.29) is 11.8 Å². The molecule has 1 aromatic carbocycles. The fourth-order valence-electron chi connectivity index (χ4n) is 3.68. The maximum Gasteiger partial charge on any atom is 0.305 e. The number of unbranched alkanes of at least 4 members (excludes halogenated alkanes) is 3. The van der Waals surface area contributed by atoms with Crippen molar-refractivity contribution in [2.45, 2.75) is 45.1 Å². The van der Waals surface area contributed by atoms with Crippen molar-refractivity contribution in [3.8, 4) is 11.3 Å². The summed E-state index contributed by atoms with van der Waals surface area (Å²) in [6.07, 6.45) is 6.14. The molecular weight excluding hydrogens is 392 g/mol. The zero-order valence-corrected chi connectivity index (χ0v) is 18.3. The summed E-state index contributed by atoms with van der Waals surface area (Å²) in [6.45, 7) is 4.51. The van der Waals surface area contributed by atoms with E-state index in [1.165, 1.54) is 12.7 Å². The maximum atomic E-state index is 12.4. The SMILES string of the molecule is COC(=O)CCCCCCC(=O)c1ccc(-c2ccc(CN3CCOCC3)cc2)nc1. The Morgan fingerprint density at radius 2 is 1.68 bits per heavy atom. The lowest BCUT2D eigenvalue weighted by Crippen LogP contribution is -2.35. The Morgan fingerprint density at radius 1 is 0.968 bits per heavy atom. The Morgan fingerprint density at radius 3 is 2.32 bits per heavy atom. The predicted octanol–water partition coefficient (Wildman–Crippen LogP) is 4.28. The third-order valence-corrected chi connectivity index (χ3v) is 5.61. The molecule has 6 heteroatoms. The third-order valence-electron chi connectivity index (χ3n) is 5.61. The number of hydrogen-bond donors (Lipinski definition) is 0. The molecule has 0 amide bonds. The molecule has 166 valence electrons. The highest BCUT2D eigenvalue weighted by Gasteiger charge is 2.11. The van der Waals surface area contributed by atoms with Crippen molar-refractivity contribution in [1.29, 1.82) is 0 Å². The Bertz CT molecular complexity index is 828. The second kappa shape index (κ2) is 12.3. The fraction of sp³-hybridized carbons (Fsp3) is 0.480. The summed E-state index contributed by atoms with van der Waals surface area (Å²) in [5, 5.41) is 0. The first kappa shape index (κ1) is 23.1. The Balaban J connectivity index is 1.43. The quantitative estimate of drug-likeness (QED) is 0.305. The van der Waals surface area contributed by atoms with Crippen LogP contribution in [0.3, 0.4) is 0 Å². The van der Waals surface area contributed by atoms with Crippen molar-refractivity contribution in [2.75, 3.05) is 33.4 Å². The summed E-state index contributed by atoms with van der Waals surface area (Å²) >= 11 is 0. The van der Waals surface area contributed by atoms with Crippen LogP contribution in [0.5, 0.6) is 0 Å². The summed E-state index contributed by atoms with van der Waals surface area (Å²) in [5.74, 6) is -0.0538. The van der Waals surface area contributed by atoms with Crippen molar-refractivity contribution in [1.82, 2.24) is 9.88 Å². The molecule has 0 aliphatic carbocycles. The Kier molecular flexibility index (Phi) is 9.18. The molecule has 6 nitrogen and oxygen atoms in total. The zero-order chi connectivity index (χ0) is 21.9. The largest absolute Gasteiger partial charge is 0.469 e. The predicted molar refractivity (Wildman–Crippen MR) is 120 cm³/mol. The van der Waals surface area contributed by atoms with Gasteiger partial charge in [-0.2, -0.15) is 0 Å². The number of rotatable bonds is 11. The first-order valence-corrected chi connectivity index (χ1v) is 11.1. The van der Waals surface area contributed by atoms with Crippen LogP contribution in [0.4, 0.5) is 0 Å². The number of ether oxygens (including phenoxy) is 2. The number of esters is 1. The third kappa shape index (κ3) is 7.56. The topological polar surface area (TPSA) is 68.7 Å². The van der Waals surface area contributed by atoms with Crippen molar-refractivity contribution in [3.05, 3.63) is 53.7 Å². The highest BCUT2D eigenvalue weighted by molar-refractivity contribution is 5.95. The van der Waals surface area contributed by atoms with Gasteiger partial charge in [0.15, 0.2) is 5.78 Å². The van der Waals surface area contributed by atoms with E-state index in [4.69, 9.17) is 4.74 Å². The molecule has 2 heterocycles. The standard InChI is InChI=1S/C25H32N2O4/c1-30-25(29)7-5-3-2-4-6-24(28)22-12-13-23(26-18-22)21-10-8-20(9-11-21)19-27-14-16-31-17-15-27/h8-13,18H,2-7,14-17,19H2,1H3. The van der Waals surface area contributed by atoms with E-state index in [0.717, 1.165) is 69.8 Å². The number of hydrogen-bond acceptors (Lipinski definition) is 6. The van der Waals surface area contributed by atoms with Gasteiger partial charge in [-0.3, -0.25) is 19.5 Å². The number of methoxy groups -OCH3 is 1. The van der Waals surface area contributed by atoms with Crippen LogP contribution in [0.1, 0.15) is 54.4 Å². The van der Waals surface area contributed by atoms with Crippen molar-refractivity contribution >= 4 is 11.8 Å². The summed E-state index contributed by atoms with van der Waals surface area (Å²) in [4.78, 5) is 30.4. The first-order chi connectivity index (χ1) is 15.2. The van der Waals surface area contributed by atoms with E-state index in [1.807, 2.05) is 12.1 Å². The van der Waals surface area contributed by atoms with E-state index >= 15 is 0 Å². The number of carbonyl (C=O) groups is 2. The highest BCUT2D eigenvalue weighted by Crippen LogP contribution is 2.20. The lowest BCUT2D eigenvalue weighted by molar-refractivity contribution is -0.140. The average molecular weight is 425 g/mol. The fourth-order valence-corrected chi connectivity index (χ4v) is 3.68. The molecule has 3 rings (SSSR count). The molecule has 1 saturated heterocycles. The minimum atomic E-state index is -0.172. The summed E-state index contributed by atoms with van der Waals surface area (Å²) in [5.41, 5.74) is 3.86. The second-order valence-corrected chi connectivity index (χ2v) is 7.93. The van der Waals surface area contributed by atoms with Gasteiger partial charge in [-0.15, -0.1) is 0 Å². The number of Topliss-reactive ketones (excluding diaryl/α,β-unsaturated/α-hetero) is 1. The molecule has 31 heavy (non-hydrogen) atoms. The molecule has 1 fully saturated rings. The van der Waals surface area contributed by atoms with E-state index in [0.29, 0.717) is 18.4 Å². The molecule has 2 aromatic rings. The van der Waals surface area contributed by atoms with Crippen LogP contribution in [0.25, 0.3) is 11.3 Å². The van der Waals surface area contributed by atoms with Gasteiger partial charge in [-0.1, -0.05) is 37.1 Å². The van der Waals surface area contributed by atoms with E-state index < -0.39 is 0 Å². The number of ketones is 1. The van der Waals surface area contributed by atoms with Crippen molar-refractivity contribution in [3.63, 3.8) is 0 Å². The lowest BCUT2D eigenvalue weighted by atomic mass is 10.0.